The van der Waals surface area contributed by atoms with Crippen molar-refractivity contribution in [3.63, 3.8) is 0 Å². The molecule has 5 nitrogen and oxygen atoms in total. The molecule has 4 aliphatic rings. The fourth-order valence-corrected chi connectivity index (χ4v) is 5.67. The molecule has 1 saturated heterocycles. The Hall–Kier alpha value is -3.21. The summed E-state index contributed by atoms with van der Waals surface area (Å²) in [5.41, 5.74) is 5.54. The maximum absolute atomic E-state index is 12.8. The van der Waals surface area contributed by atoms with Gasteiger partial charge in [0, 0.05) is 5.69 Å². The van der Waals surface area contributed by atoms with Crippen LogP contribution in [0.4, 0.5) is 5.69 Å². The summed E-state index contributed by atoms with van der Waals surface area (Å²) in [6.07, 6.45) is 5.91. The predicted octanol–water partition coefficient (Wildman–Crippen LogP) is 3.00. The molecular formula is C24H20N2O3. The number of allylic oxidation sites excluding steroid dienone is 2. The van der Waals surface area contributed by atoms with Crippen molar-refractivity contribution in [3.8, 4) is 11.1 Å². The van der Waals surface area contributed by atoms with Gasteiger partial charge in [-0.1, -0.05) is 42.5 Å². The third kappa shape index (κ3) is 2.36. The Morgan fingerprint density at radius 3 is 2.38 bits per heavy atom. The Morgan fingerprint density at radius 2 is 1.62 bits per heavy atom. The quantitative estimate of drug-likeness (QED) is 0.558. The summed E-state index contributed by atoms with van der Waals surface area (Å²) in [5, 5.41) is 2.87. The molecule has 2 bridgehead atoms. The molecule has 0 unspecified atom stereocenters. The van der Waals surface area contributed by atoms with E-state index in [1.807, 2.05) is 30.3 Å². The van der Waals surface area contributed by atoms with Gasteiger partial charge in [-0.3, -0.25) is 19.3 Å². The Bertz CT molecular complexity index is 1090. The molecule has 3 amide bonds. The van der Waals surface area contributed by atoms with Crippen LogP contribution in [-0.2, 0) is 20.8 Å². The van der Waals surface area contributed by atoms with Crippen LogP contribution in [0, 0.1) is 23.7 Å². The Morgan fingerprint density at radius 1 is 0.931 bits per heavy atom. The van der Waals surface area contributed by atoms with Gasteiger partial charge in [-0.05, 0) is 59.1 Å². The fraction of sp³-hybridized carbons (Fsp3) is 0.292. The molecule has 2 fully saturated rings. The van der Waals surface area contributed by atoms with Crippen molar-refractivity contribution in [2.24, 2.45) is 23.7 Å². The number of nitrogens with one attached hydrogen (secondary N) is 1. The maximum Gasteiger partial charge on any atom is 0.244 e. The first-order valence-corrected chi connectivity index (χ1v) is 10.1. The van der Waals surface area contributed by atoms with Crippen molar-refractivity contribution < 1.29 is 14.4 Å². The molecular weight excluding hydrogens is 364 g/mol. The van der Waals surface area contributed by atoms with E-state index in [-0.39, 0.29) is 47.9 Å². The van der Waals surface area contributed by atoms with Gasteiger partial charge in [-0.25, -0.2) is 0 Å². The topological polar surface area (TPSA) is 66.5 Å². The third-order valence-electron chi connectivity index (χ3n) is 6.95. The summed E-state index contributed by atoms with van der Waals surface area (Å²) < 4.78 is 0. The lowest BCUT2D eigenvalue weighted by molar-refractivity contribution is -0.143. The highest BCUT2D eigenvalue weighted by molar-refractivity contribution is 6.09. The zero-order chi connectivity index (χ0) is 19.7. The van der Waals surface area contributed by atoms with Crippen molar-refractivity contribution in [2.75, 3.05) is 11.9 Å². The maximum atomic E-state index is 12.8. The Kier molecular flexibility index (Phi) is 3.40. The summed E-state index contributed by atoms with van der Waals surface area (Å²) >= 11 is 0. The minimum atomic E-state index is -0.335. The van der Waals surface area contributed by atoms with Crippen molar-refractivity contribution >= 4 is 23.4 Å². The van der Waals surface area contributed by atoms with Crippen LogP contribution in [0.2, 0.25) is 0 Å². The van der Waals surface area contributed by atoms with E-state index in [1.54, 1.807) is 0 Å². The average molecular weight is 384 g/mol. The van der Waals surface area contributed by atoms with E-state index in [2.05, 4.69) is 29.6 Å². The van der Waals surface area contributed by atoms with Crippen molar-refractivity contribution in [1.82, 2.24) is 4.90 Å². The molecule has 144 valence electrons. The molecule has 1 aliphatic heterocycles. The van der Waals surface area contributed by atoms with E-state index in [9.17, 15) is 14.4 Å². The van der Waals surface area contributed by atoms with Gasteiger partial charge in [-0.15, -0.1) is 0 Å². The number of anilines is 1. The second kappa shape index (κ2) is 5.89. The van der Waals surface area contributed by atoms with Gasteiger partial charge >= 0.3 is 0 Å². The number of benzene rings is 2. The lowest BCUT2D eigenvalue weighted by atomic mass is 9.85. The smallest absolute Gasteiger partial charge is 0.244 e. The van der Waals surface area contributed by atoms with E-state index in [0.717, 1.165) is 18.4 Å². The van der Waals surface area contributed by atoms with Gasteiger partial charge in [0.15, 0.2) is 0 Å². The van der Waals surface area contributed by atoms with E-state index in [4.69, 9.17) is 0 Å². The first kappa shape index (κ1) is 16.7. The molecule has 4 atom stereocenters. The molecule has 1 N–H and O–H groups in total. The van der Waals surface area contributed by atoms with Gasteiger partial charge < -0.3 is 5.32 Å². The standard InChI is InChI=1S/C24H20N2O3/c27-20(12-26-23(28)21-15-5-6-16(10-15)22(21)24(26)29)25-17-8-7-14-9-13-3-1-2-4-18(13)19(14)11-17/h1-8,11,15-16,21-22H,9-10,12H2,(H,25,27)/t15-,16+,21-,22+. The van der Waals surface area contributed by atoms with Gasteiger partial charge in [-0.2, -0.15) is 0 Å². The number of rotatable bonds is 3. The van der Waals surface area contributed by atoms with Crippen LogP contribution in [-0.4, -0.2) is 29.2 Å². The number of amides is 3. The van der Waals surface area contributed by atoms with Crippen LogP contribution in [0.25, 0.3) is 11.1 Å². The lowest BCUT2D eigenvalue weighted by Gasteiger charge is -2.17. The number of fused-ring (bicyclic) bond motifs is 8. The number of hydrogen-bond donors (Lipinski definition) is 1. The van der Waals surface area contributed by atoms with Crippen molar-refractivity contribution in [3.05, 3.63) is 65.7 Å². The van der Waals surface area contributed by atoms with E-state index in [0.29, 0.717) is 5.69 Å². The Labute approximate surface area is 168 Å². The second-order valence-corrected chi connectivity index (χ2v) is 8.52. The van der Waals surface area contributed by atoms with E-state index >= 15 is 0 Å². The first-order valence-electron chi connectivity index (χ1n) is 10.1. The summed E-state index contributed by atoms with van der Waals surface area (Å²) in [4.78, 5) is 39.3. The van der Waals surface area contributed by atoms with Crippen LogP contribution in [0.1, 0.15) is 17.5 Å². The molecule has 1 saturated carbocycles. The summed E-state index contributed by atoms with van der Waals surface area (Å²) in [5.74, 6) is -0.913. The SMILES string of the molecule is O=C(CN1C(=O)[C@@H]2[C@H](C1=O)[C@@H]1C=C[C@H]2C1)Nc1ccc2c(c1)-c1ccccc1C2. The minimum absolute atomic E-state index is 0.159. The average Bonchev–Trinajstić information content (AvgIpc) is 3.47. The summed E-state index contributed by atoms with van der Waals surface area (Å²) in [6, 6.07) is 14.2. The normalized spacial score (nSPS) is 27.9. The van der Waals surface area contributed by atoms with Crippen LogP contribution in [0.15, 0.2) is 54.6 Å². The van der Waals surface area contributed by atoms with Gasteiger partial charge in [0.1, 0.15) is 6.54 Å². The zero-order valence-electron chi connectivity index (χ0n) is 15.8. The number of carbonyl (C=O) groups is 3. The third-order valence-corrected chi connectivity index (χ3v) is 6.95. The highest BCUT2D eigenvalue weighted by Gasteiger charge is 2.59. The van der Waals surface area contributed by atoms with Gasteiger partial charge in [0.2, 0.25) is 17.7 Å². The van der Waals surface area contributed by atoms with Gasteiger partial charge in [0.05, 0.1) is 11.8 Å². The Balaban J connectivity index is 1.19. The predicted molar refractivity (Wildman–Crippen MR) is 108 cm³/mol. The minimum Gasteiger partial charge on any atom is -0.325 e. The van der Waals surface area contributed by atoms with Crippen molar-refractivity contribution in [1.29, 1.82) is 0 Å². The fourth-order valence-electron chi connectivity index (χ4n) is 5.67. The number of hydrogen-bond acceptors (Lipinski definition) is 3. The number of carbonyl (C=O) groups excluding carboxylic acids is 3. The zero-order valence-corrected chi connectivity index (χ0v) is 15.8. The molecule has 1 heterocycles. The van der Waals surface area contributed by atoms with Crippen LogP contribution in [0.3, 0.4) is 0 Å². The molecule has 2 aromatic carbocycles. The molecule has 0 aromatic heterocycles. The van der Waals surface area contributed by atoms with Gasteiger partial charge in [0.25, 0.3) is 0 Å². The monoisotopic (exact) mass is 384 g/mol. The molecule has 5 heteroatoms. The summed E-state index contributed by atoms with van der Waals surface area (Å²) in [6.45, 7) is -0.211. The van der Waals surface area contributed by atoms with E-state index < -0.39 is 0 Å². The highest BCUT2D eigenvalue weighted by Crippen LogP contribution is 2.52. The highest BCUT2D eigenvalue weighted by atomic mass is 16.2. The molecule has 3 aliphatic carbocycles. The summed E-state index contributed by atoms with van der Waals surface area (Å²) in [7, 11) is 0. The first-order chi connectivity index (χ1) is 14.1. The van der Waals surface area contributed by atoms with Crippen molar-refractivity contribution in [2.45, 2.75) is 12.8 Å². The number of likely N-dealkylation sites (tertiary alicyclic amines) is 1. The molecule has 6 rings (SSSR count). The van der Waals surface area contributed by atoms with E-state index in [1.165, 1.54) is 21.6 Å². The molecule has 0 spiro atoms. The van der Waals surface area contributed by atoms with Crippen LogP contribution < -0.4 is 5.32 Å². The molecule has 0 radical (unpaired) electrons. The second-order valence-electron chi connectivity index (χ2n) is 8.52. The lowest BCUT2D eigenvalue weighted by Crippen LogP contribution is -2.39. The number of nitrogens with zero attached hydrogens (tertiary/aromatic N) is 1. The molecule has 29 heavy (non-hydrogen) atoms. The van der Waals surface area contributed by atoms with Crippen LogP contribution >= 0.6 is 0 Å². The molecule has 2 aromatic rings. The van der Waals surface area contributed by atoms with Crippen LogP contribution in [0.5, 0.6) is 0 Å². The largest absolute Gasteiger partial charge is 0.325 e. The number of imide groups is 1.